The van der Waals surface area contributed by atoms with Crippen molar-refractivity contribution in [3.05, 3.63) is 69.9 Å². The largest absolute Gasteiger partial charge is 0.366 e. The number of aryl methyl sites for hydroxylation is 2. The van der Waals surface area contributed by atoms with Gasteiger partial charge in [-0.3, -0.25) is 9.78 Å². The van der Waals surface area contributed by atoms with E-state index in [2.05, 4.69) is 21.5 Å². The third-order valence-corrected chi connectivity index (χ3v) is 6.34. The quantitative estimate of drug-likeness (QED) is 0.702. The van der Waals surface area contributed by atoms with E-state index < -0.39 is 0 Å². The highest BCUT2D eigenvalue weighted by atomic mass is 16.1. The Morgan fingerprint density at radius 1 is 1.13 bits per heavy atom. The first-order valence-corrected chi connectivity index (χ1v) is 10.9. The zero-order valence-corrected chi connectivity index (χ0v) is 17.3. The van der Waals surface area contributed by atoms with Crippen LogP contribution in [0, 0.1) is 11.3 Å². The molecule has 0 atom stereocenters. The monoisotopic (exact) mass is 412 g/mol. The van der Waals surface area contributed by atoms with Gasteiger partial charge in [0, 0.05) is 35.8 Å². The molecule has 3 heterocycles. The Bertz CT molecular complexity index is 1190. The lowest BCUT2D eigenvalue weighted by Gasteiger charge is -2.30. The SMILES string of the molecule is N#Cc1cc2c(nc1NC1CCC(n3nc(-c4cccnc4)ccc3=O)CC1)CCC2. The van der Waals surface area contributed by atoms with Crippen molar-refractivity contribution in [3.8, 4) is 17.3 Å². The molecule has 2 aliphatic carbocycles. The molecule has 0 aliphatic heterocycles. The average Bonchev–Trinajstić information content (AvgIpc) is 3.27. The van der Waals surface area contributed by atoms with Gasteiger partial charge in [-0.1, -0.05) is 0 Å². The first-order valence-electron chi connectivity index (χ1n) is 10.9. The Hall–Kier alpha value is -3.53. The third kappa shape index (κ3) is 3.93. The normalized spacial score (nSPS) is 20.1. The molecule has 1 fully saturated rings. The summed E-state index contributed by atoms with van der Waals surface area (Å²) in [5.41, 5.74) is 4.55. The van der Waals surface area contributed by atoms with Crippen molar-refractivity contribution in [2.75, 3.05) is 5.32 Å². The number of hydrogen-bond donors (Lipinski definition) is 1. The minimum Gasteiger partial charge on any atom is -0.366 e. The fraction of sp³-hybridized carbons (Fsp3) is 0.375. The lowest BCUT2D eigenvalue weighted by molar-refractivity contribution is 0.304. The van der Waals surface area contributed by atoms with Gasteiger partial charge in [0.15, 0.2) is 0 Å². The van der Waals surface area contributed by atoms with Gasteiger partial charge < -0.3 is 5.32 Å². The summed E-state index contributed by atoms with van der Waals surface area (Å²) in [4.78, 5) is 21.4. The number of nitrogens with zero attached hydrogens (tertiary/aromatic N) is 5. The van der Waals surface area contributed by atoms with Crippen molar-refractivity contribution in [1.82, 2.24) is 19.7 Å². The zero-order chi connectivity index (χ0) is 21.2. The average molecular weight is 412 g/mol. The van der Waals surface area contributed by atoms with Crippen molar-refractivity contribution in [3.63, 3.8) is 0 Å². The Kier molecular flexibility index (Phi) is 5.21. The van der Waals surface area contributed by atoms with Gasteiger partial charge in [-0.15, -0.1) is 0 Å². The van der Waals surface area contributed by atoms with Gasteiger partial charge in [0.05, 0.1) is 17.3 Å². The van der Waals surface area contributed by atoms with Crippen LogP contribution in [0.25, 0.3) is 11.3 Å². The number of fused-ring (bicyclic) bond motifs is 1. The number of anilines is 1. The van der Waals surface area contributed by atoms with Crippen molar-refractivity contribution in [2.24, 2.45) is 0 Å². The van der Waals surface area contributed by atoms with Crippen LogP contribution >= 0.6 is 0 Å². The first-order chi connectivity index (χ1) is 15.2. The van der Waals surface area contributed by atoms with Gasteiger partial charge >= 0.3 is 0 Å². The lowest BCUT2D eigenvalue weighted by atomic mass is 9.91. The second-order valence-electron chi connectivity index (χ2n) is 8.35. The van der Waals surface area contributed by atoms with Crippen LogP contribution in [0.3, 0.4) is 0 Å². The maximum Gasteiger partial charge on any atom is 0.267 e. The van der Waals surface area contributed by atoms with Crippen LogP contribution in [-0.4, -0.2) is 25.8 Å². The van der Waals surface area contributed by atoms with E-state index in [1.165, 1.54) is 5.56 Å². The summed E-state index contributed by atoms with van der Waals surface area (Å²) < 4.78 is 1.63. The van der Waals surface area contributed by atoms with E-state index >= 15 is 0 Å². The predicted molar refractivity (Wildman–Crippen MR) is 118 cm³/mol. The standard InChI is InChI=1S/C24H24N6O/c25-14-18-13-16-3-1-5-21(16)28-24(18)27-19-6-8-20(9-7-19)30-23(31)11-10-22(29-30)17-4-2-12-26-15-17/h2,4,10-13,15,19-20H,1,3,5-9H2,(H,27,28). The Balaban J connectivity index is 1.30. The van der Waals surface area contributed by atoms with Gasteiger partial charge in [-0.2, -0.15) is 10.4 Å². The molecule has 5 rings (SSSR count). The summed E-state index contributed by atoms with van der Waals surface area (Å²) in [6, 6.07) is 11.8. The first kappa shape index (κ1) is 19.4. The van der Waals surface area contributed by atoms with E-state index in [1.54, 1.807) is 29.2 Å². The van der Waals surface area contributed by atoms with E-state index in [1.807, 2.05) is 18.2 Å². The van der Waals surface area contributed by atoms with Gasteiger partial charge in [0.25, 0.3) is 5.56 Å². The summed E-state index contributed by atoms with van der Waals surface area (Å²) in [6.07, 6.45) is 10.1. The maximum atomic E-state index is 12.5. The molecule has 0 aromatic carbocycles. The number of nitriles is 1. The molecule has 1 saturated carbocycles. The topological polar surface area (TPSA) is 96.5 Å². The van der Waals surface area contributed by atoms with Gasteiger partial charge in [0.2, 0.25) is 0 Å². The Morgan fingerprint density at radius 2 is 2.00 bits per heavy atom. The summed E-state index contributed by atoms with van der Waals surface area (Å²) in [7, 11) is 0. The molecule has 0 bridgehead atoms. The number of nitrogens with one attached hydrogen (secondary N) is 1. The lowest BCUT2D eigenvalue weighted by Crippen LogP contribution is -2.33. The Labute approximate surface area is 180 Å². The number of aromatic nitrogens is 4. The molecule has 1 N–H and O–H groups in total. The van der Waals surface area contributed by atoms with E-state index in [0.717, 1.165) is 61.9 Å². The van der Waals surface area contributed by atoms with Gasteiger partial charge in [-0.05, 0) is 74.8 Å². The molecule has 156 valence electrons. The fourth-order valence-electron chi connectivity index (χ4n) is 4.68. The summed E-state index contributed by atoms with van der Waals surface area (Å²) in [6.45, 7) is 0. The van der Waals surface area contributed by atoms with Crippen molar-refractivity contribution in [2.45, 2.75) is 57.0 Å². The van der Waals surface area contributed by atoms with E-state index in [9.17, 15) is 10.1 Å². The molecule has 2 aliphatic rings. The number of rotatable bonds is 4. The molecule has 3 aromatic rings. The van der Waals surface area contributed by atoms with Crippen LogP contribution in [0.1, 0.15) is 55.0 Å². The summed E-state index contributed by atoms with van der Waals surface area (Å²) in [5.74, 6) is 0.709. The molecule has 0 amide bonds. The van der Waals surface area contributed by atoms with E-state index in [0.29, 0.717) is 11.4 Å². The van der Waals surface area contributed by atoms with E-state index in [-0.39, 0.29) is 17.6 Å². The van der Waals surface area contributed by atoms with Crippen LogP contribution in [-0.2, 0) is 12.8 Å². The highest BCUT2D eigenvalue weighted by Crippen LogP contribution is 2.31. The molecule has 7 nitrogen and oxygen atoms in total. The highest BCUT2D eigenvalue weighted by Gasteiger charge is 2.25. The molecule has 7 heteroatoms. The van der Waals surface area contributed by atoms with Crippen LogP contribution in [0.15, 0.2) is 47.5 Å². The fourth-order valence-corrected chi connectivity index (χ4v) is 4.68. The number of hydrogen-bond acceptors (Lipinski definition) is 6. The molecule has 0 saturated heterocycles. The molecular weight excluding hydrogens is 388 g/mol. The van der Waals surface area contributed by atoms with Crippen LogP contribution in [0.5, 0.6) is 0 Å². The Morgan fingerprint density at radius 3 is 2.77 bits per heavy atom. The highest BCUT2D eigenvalue weighted by molar-refractivity contribution is 5.57. The summed E-state index contributed by atoms with van der Waals surface area (Å²) >= 11 is 0. The van der Waals surface area contributed by atoms with Crippen LogP contribution in [0.4, 0.5) is 5.82 Å². The third-order valence-electron chi connectivity index (χ3n) is 6.34. The van der Waals surface area contributed by atoms with E-state index in [4.69, 9.17) is 4.98 Å². The number of pyridine rings is 2. The molecule has 0 radical (unpaired) electrons. The minimum atomic E-state index is -0.0731. The smallest absolute Gasteiger partial charge is 0.267 e. The van der Waals surface area contributed by atoms with Gasteiger partial charge in [-0.25, -0.2) is 9.67 Å². The molecule has 0 spiro atoms. The van der Waals surface area contributed by atoms with Crippen LogP contribution < -0.4 is 10.9 Å². The van der Waals surface area contributed by atoms with Crippen LogP contribution in [0.2, 0.25) is 0 Å². The minimum absolute atomic E-state index is 0.0731. The van der Waals surface area contributed by atoms with Crippen molar-refractivity contribution >= 4 is 5.82 Å². The van der Waals surface area contributed by atoms with Gasteiger partial charge in [0.1, 0.15) is 11.9 Å². The van der Waals surface area contributed by atoms with Crippen molar-refractivity contribution in [1.29, 1.82) is 5.26 Å². The second kappa shape index (κ2) is 8.31. The predicted octanol–water partition coefficient (Wildman–Crippen LogP) is 3.66. The molecular formula is C24H24N6O. The second-order valence-corrected chi connectivity index (χ2v) is 8.35. The molecule has 3 aromatic heterocycles. The molecule has 0 unspecified atom stereocenters. The summed E-state index contributed by atoms with van der Waals surface area (Å²) in [5, 5.41) is 17.7. The molecule has 31 heavy (non-hydrogen) atoms. The zero-order valence-electron chi connectivity index (χ0n) is 17.3. The van der Waals surface area contributed by atoms with Crippen molar-refractivity contribution < 1.29 is 0 Å². The maximum absolute atomic E-state index is 12.5.